The molecule has 0 aromatic heterocycles. The van der Waals surface area contributed by atoms with Crippen LogP contribution in [0.15, 0.2) is 36.7 Å². The van der Waals surface area contributed by atoms with Gasteiger partial charge < -0.3 is 14.9 Å². The van der Waals surface area contributed by atoms with Crippen LogP contribution in [-0.2, 0) is 0 Å². The molecule has 192 valence electrons. The topological polar surface area (TPSA) is 26.7 Å². The van der Waals surface area contributed by atoms with E-state index >= 15 is 0 Å². The maximum absolute atomic E-state index is 7.00. The van der Waals surface area contributed by atoms with Gasteiger partial charge in [0.05, 0.1) is 0 Å². The van der Waals surface area contributed by atoms with Crippen LogP contribution in [0.25, 0.3) is 0 Å². The Bertz CT molecular complexity index is 602. The molecule has 3 aliphatic rings. The molecule has 0 radical (unpaired) electrons. The first-order valence-electron chi connectivity index (χ1n) is 13.7. The molecule has 33 heavy (non-hydrogen) atoms. The van der Waals surface area contributed by atoms with E-state index in [-0.39, 0.29) is 0 Å². The molecule has 0 amide bonds. The average Bonchev–Trinajstić information content (AvgIpc) is 3.48. The van der Waals surface area contributed by atoms with Crippen LogP contribution in [0, 0.1) is 29.1 Å². The smallest absolute Gasteiger partial charge is 0.0333 e. The minimum atomic E-state index is 0.652. The summed E-state index contributed by atoms with van der Waals surface area (Å²) < 4.78 is 0. The summed E-state index contributed by atoms with van der Waals surface area (Å²) in [7, 11) is 1.00. The van der Waals surface area contributed by atoms with Crippen LogP contribution in [0.3, 0.4) is 0 Å². The van der Waals surface area contributed by atoms with Gasteiger partial charge in [0.2, 0.25) is 0 Å². The quantitative estimate of drug-likeness (QED) is 0.342. The fourth-order valence-electron chi connectivity index (χ4n) is 6.13. The zero-order valence-corrected chi connectivity index (χ0v) is 23.2. The van der Waals surface area contributed by atoms with E-state index in [9.17, 15) is 0 Å². The monoisotopic (exact) mass is 460 g/mol. The van der Waals surface area contributed by atoms with Gasteiger partial charge in [0.15, 0.2) is 0 Å². The van der Waals surface area contributed by atoms with Crippen molar-refractivity contribution in [2.75, 3.05) is 33.3 Å². The van der Waals surface area contributed by atoms with Crippen molar-refractivity contribution in [3.63, 3.8) is 0 Å². The van der Waals surface area contributed by atoms with E-state index in [0.717, 1.165) is 51.0 Å². The Labute approximate surface area is 207 Å². The molecule has 3 heteroatoms. The highest BCUT2D eigenvalue weighted by molar-refractivity contribution is 5.09. The summed E-state index contributed by atoms with van der Waals surface area (Å²) in [5.74, 6) is 3.72. The molecule has 3 nitrogen and oxygen atoms in total. The van der Waals surface area contributed by atoms with Gasteiger partial charge in [-0.2, -0.15) is 0 Å². The molecule has 2 saturated carbocycles. The van der Waals surface area contributed by atoms with Crippen molar-refractivity contribution in [1.29, 1.82) is 0 Å². The predicted molar refractivity (Wildman–Crippen MR) is 146 cm³/mol. The van der Waals surface area contributed by atoms with Crippen molar-refractivity contribution in [2.45, 2.75) is 92.9 Å². The van der Waals surface area contributed by atoms with Gasteiger partial charge in [0.1, 0.15) is 0 Å². The first-order valence-corrected chi connectivity index (χ1v) is 13.7. The van der Waals surface area contributed by atoms with E-state index in [1.807, 2.05) is 6.20 Å². The number of allylic oxidation sites excluding steroid dienone is 2. The van der Waals surface area contributed by atoms with Crippen LogP contribution in [0.2, 0.25) is 0 Å². The predicted octanol–water partition coefficient (Wildman–Crippen LogP) is 7.50. The van der Waals surface area contributed by atoms with E-state index in [0.29, 0.717) is 11.3 Å². The maximum Gasteiger partial charge on any atom is 0.0333 e. The molecule has 1 heterocycles. The summed E-state index contributed by atoms with van der Waals surface area (Å²) in [6, 6.07) is 0. The summed E-state index contributed by atoms with van der Waals surface area (Å²) in [5, 5.41) is 7.00. The van der Waals surface area contributed by atoms with Gasteiger partial charge in [0, 0.05) is 44.9 Å². The largest absolute Gasteiger partial charge is 0.400 e. The fraction of sp³-hybridized carbons (Fsp3) is 0.800. The van der Waals surface area contributed by atoms with Crippen LogP contribution in [-0.4, -0.2) is 48.2 Å². The van der Waals surface area contributed by atoms with Gasteiger partial charge in [-0.15, -0.1) is 0 Å². The van der Waals surface area contributed by atoms with Crippen LogP contribution in [0.5, 0.6) is 0 Å². The Balaban J connectivity index is 0.000000313. The third kappa shape index (κ3) is 8.50. The second kappa shape index (κ2) is 14.9. The number of hydrogen-bond donors (Lipinski definition) is 1. The van der Waals surface area contributed by atoms with Crippen molar-refractivity contribution < 1.29 is 5.11 Å². The van der Waals surface area contributed by atoms with E-state index in [2.05, 4.69) is 70.6 Å². The Hall–Kier alpha value is -1.22. The highest BCUT2D eigenvalue weighted by Crippen LogP contribution is 2.64. The molecule has 4 unspecified atom stereocenters. The minimum absolute atomic E-state index is 0.652. The van der Waals surface area contributed by atoms with Gasteiger partial charge in [0.25, 0.3) is 0 Å². The van der Waals surface area contributed by atoms with Gasteiger partial charge >= 0.3 is 0 Å². The van der Waals surface area contributed by atoms with E-state index < -0.39 is 0 Å². The van der Waals surface area contributed by atoms with Crippen molar-refractivity contribution in [3.8, 4) is 0 Å². The average molecular weight is 461 g/mol. The molecular weight excluding hydrogens is 404 g/mol. The van der Waals surface area contributed by atoms with E-state index in [4.69, 9.17) is 5.11 Å². The highest BCUT2D eigenvalue weighted by Gasteiger charge is 2.55. The number of hydrogen-bond acceptors (Lipinski definition) is 3. The molecule has 0 aromatic rings. The van der Waals surface area contributed by atoms with Gasteiger partial charge in [-0.05, 0) is 75.8 Å². The summed E-state index contributed by atoms with van der Waals surface area (Å²) in [6.45, 7) is 26.2. The lowest BCUT2D eigenvalue weighted by Crippen LogP contribution is -2.47. The number of aliphatic hydroxyl groups is 1. The molecule has 0 spiro atoms. The van der Waals surface area contributed by atoms with Gasteiger partial charge in [-0.1, -0.05) is 71.3 Å². The van der Waals surface area contributed by atoms with E-state index in [1.165, 1.54) is 62.6 Å². The second-order valence-electron chi connectivity index (χ2n) is 10.9. The Morgan fingerprint density at radius 3 is 2.27 bits per heavy atom. The van der Waals surface area contributed by atoms with Gasteiger partial charge in [-0.3, -0.25) is 0 Å². The molecule has 4 atom stereocenters. The molecule has 1 N–H and O–H groups in total. The zero-order valence-electron chi connectivity index (χ0n) is 23.2. The number of nitrogens with zero attached hydrogens (tertiary/aromatic N) is 2. The molecule has 0 bridgehead atoms. The van der Waals surface area contributed by atoms with Crippen molar-refractivity contribution in [3.05, 3.63) is 36.7 Å². The normalized spacial score (nSPS) is 28.2. The SMILES string of the molecule is C=CN1CC(C(=C)N(CC)CCC)C1.CCC1CCCCC1C1(C)CC1CC=C(C)C.CO. The summed E-state index contributed by atoms with van der Waals surface area (Å²) >= 11 is 0. The maximum atomic E-state index is 7.00. The third-order valence-electron chi connectivity index (χ3n) is 8.47. The highest BCUT2D eigenvalue weighted by atomic mass is 16.2. The Kier molecular flexibility index (Phi) is 13.5. The van der Waals surface area contributed by atoms with Crippen molar-refractivity contribution in [2.24, 2.45) is 29.1 Å². The van der Waals surface area contributed by atoms with Crippen LogP contribution < -0.4 is 0 Å². The van der Waals surface area contributed by atoms with Crippen molar-refractivity contribution >= 4 is 0 Å². The molecule has 1 aliphatic heterocycles. The molecule has 3 fully saturated rings. The Morgan fingerprint density at radius 1 is 1.12 bits per heavy atom. The van der Waals surface area contributed by atoms with E-state index in [1.54, 1.807) is 0 Å². The molecule has 3 rings (SSSR count). The zero-order chi connectivity index (χ0) is 25.0. The summed E-state index contributed by atoms with van der Waals surface area (Å²) in [6.07, 6.45) is 15.8. The lowest BCUT2D eigenvalue weighted by atomic mass is 9.69. The van der Waals surface area contributed by atoms with Crippen LogP contribution >= 0.6 is 0 Å². The lowest BCUT2D eigenvalue weighted by molar-refractivity contribution is 0.139. The van der Waals surface area contributed by atoms with Gasteiger partial charge in [-0.25, -0.2) is 0 Å². The number of aliphatic hydroxyl groups excluding tert-OH is 1. The summed E-state index contributed by atoms with van der Waals surface area (Å²) in [5.41, 5.74) is 3.51. The number of rotatable bonds is 10. The minimum Gasteiger partial charge on any atom is -0.400 e. The van der Waals surface area contributed by atoms with Crippen molar-refractivity contribution in [1.82, 2.24) is 9.80 Å². The third-order valence-corrected chi connectivity index (χ3v) is 8.47. The first-order chi connectivity index (χ1) is 15.8. The first kappa shape index (κ1) is 29.8. The molecule has 2 aliphatic carbocycles. The summed E-state index contributed by atoms with van der Waals surface area (Å²) in [4.78, 5) is 4.63. The lowest BCUT2D eigenvalue weighted by Gasteiger charge is -2.42. The fourth-order valence-corrected chi connectivity index (χ4v) is 6.13. The van der Waals surface area contributed by atoms with Crippen LogP contribution in [0.1, 0.15) is 92.9 Å². The molecular formula is C30H56N2O. The number of likely N-dealkylation sites (tertiary alicyclic amines) is 1. The Morgan fingerprint density at radius 2 is 1.76 bits per heavy atom. The second-order valence-corrected chi connectivity index (χ2v) is 10.9. The molecule has 0 aromatic carbocycles. The van der Waals surface area contributed by atoms with Crippen LogP contribution in [0.4, 0.5) is 0 Å². The molecule has 1 saturated heterocycles. The standard InChI is InChI=1S/C17H30.C12H22N2.CH4O/c1-5-14-8-6-7-9-16(14)17(4)12-15(17)11-10-13(2)3;1-5-8-14(7-3)11(4)12-9-13(6-2)10-12;1-2/h10,14-16H,5-9,11-12H2,1-4H3;6,12H,2,4-5,7-10H2,1,3H3;2H,1H3.